The van der Waals surface area contributed by atoms with Crippen LogP contribution in [-0.2, 0) is 19.1 Å². The fraction of sp³-hybridized carbons (Fsp3) is 0.500. The van der Waals surface area contributed by atoms with Crippen molar-refractivity contribution in [2.45, 2.75) is 37.9 Å². The molecule has 2 aromatic rings. The van der Waals surface area contributed by atoms with Gasteiger partial charge in [0.25, 0.3) is 0 Å². The largest absolute Gasteiger partial charge is 0.370 e. The van der Waals surface area contributed by atoms with Crippen LogP contribution in [0, 0.1) is 23.5 Å². The predicted octanol–water partition coefficient (Wildman–Crippen LogP) is 4.27. The van der Waals surface area contributed by atoms with Gasteiger partial charge < -0.3 is 19.3 Å². The Kier molecular flexibility index (Phi) is 7.62. The summed E-state index contributed by atoms with van der Waals surface area (Å²) in [6.07, 6.45) is 1.80. The number of morpholine rings is 2. The summed E-state index contributed by atoms with van der Waals surface area (Å²) >= 11 is 0. The van der Waals surface area contributed by atoms with Crippen LogP contribution in [0.1, 0.15) is 49.0 Å². The SMILES string of the molecule is O=C(C1CCCC(C(=O)N2CCOC(c3ccccc3F)C2)C1)N1CCOC(c2ccccc2F)C1. The zero-order chi connectivity index (χ0) is 25.1. The van der Waals surface area contributed by atoms with Crippen molar-refractivity contribution in [3.8, 4) is 0 Å². The van der Waals surface area contributed by atoms with Crippen LogP contribution in [0.5, 0.6) is 0 Å². The highest BCUT2D eigenvalue weighted by atomic mass is 19.1. The van der Waals surface area contributed by atoms with Crippen LogP contribution in [0.2, 0.25) is 0 Å². The fourth-order valence-electron chi connectivity index (χ4n) is 5.70. The van der Waals surface area contributed by atoms with Gasteiger partial charge in [0, 0.05) is 36.1 Å². The smallest absolute Gasteiger partial charge is 0.225 e. The van der Waals surface area contributed by atoms with Crippen LogP contribution in [0.25, 0.3) is 0 Å². The molecule has 0 N–H and O–H groups in total. The van der Waals surface area contributed by atoms with Crippen LogP contribution in [0.3, 0.4) is 0 Å². The summed E-state index contributed by atoms with van der Waals surface area (Å²) < 4.78 is 40.1. The minimum atomic E-state index is -0.492. The average Bonchev–Trinajstić information content (AvgIpc) is 2.93. The van der Waals surface area contributed by atoms with Crippen LogP contribution in [0.15, 0.2) is 48.5 Å². The van der Waals surface area contributed by atoms with E-state index in [2.05, 4.69) is 0 Å². The summed E-state index contributed by atoms with van der Waals surface area (Å²) in [5, 5.41) is 0. The van der Waals surface area contributed by atoms with Gasteiger partial charge in [0.1, 0.15) is 23.8 Å². The highest BCUT2D eigenvalue weighted by Gasteiger charge is 2.38. The third-order valence-electron chi connectivity index (χ3n) is 7.63. The number of halogens is 2. The molecular formula is C28H32F2N2O4. The van der Waals surface area contributed by atoms with Crippen LogP contribution >= 0.6 is 0 Å². The number of carbonyl (C=O) groups excluding carboxylic acids is 2. The summed E-state index contributed by atoms with van der Waals surface area (Å²) in [5.41, 5.74) is 0.923. The number of nitrogens with zero attached hydrogens (tertiary/aromatic N) is 2. The normalized spacial score (nSPS) is 27.1. The Labute approximate surface area is 210 Å². The van der Waals surface area contributed by atoms with Gasteiger partial charge in [-0.15, -0.1) is 0 Å². The first kappa shape index (κ1) is 24.8. The molecule has 4 unspecified atom stereocenters. The number of hydrogen-bond acceptors (Lipinski definition) is 4. The Hall–Kier alpha value is -2.84. The van der Waals surface area contributed by atoms with E-state index < -0.39 is 12.2 Å². The lowest BCUT2D eigenvalue weighted by molar-refractivity contribution is -0.149. The molecule has 1 saturated carbocycles. The minimum Gasteiger partial charge on any atom is -0.370 e. The number of carbonyl (C=O) groups is 2. The van der Waals surface area contributed by atoms with Crippen molar-refractivity contribution >= 4 is 11.8 Å². The van der Waals surface area contributed by atoms with Gasteiger partial charge >= 0.3 is 0 Å². The Balaban J connectivity index is 1.21. The van der Waals surface area contributed by atoms with Crippen molar-refractivity contribution in [3.05, 3.63) is 71.3 Å². The molecule has 6 nitrogen and oxygen atoms in total. The van der Waals surface area contributed by atoms with E-state index >= 15 is 0 Å². The maximum absolute atomic E-state index is 14.3. The second-order valence-electron chi connectivity index (χ2n) is 9.89. The summed E-state index contributed by atoms with van der Waals surface area (Å²) in [6.45, 7) is 2.25. The van der Waals surface area contributed by atoms with E-state index in [1.54, 1.807) is 46.2 Å². The van der Waals surface area contributed by atoms with Crippen LogP contribution < -0.4 is 0 Å². The van der Waals surface area contributed by atoms with Crippen molar-refractivity contribution in [2.24, 2.45) is 11.8 Å². The Bertz CT molecular complexity index is 1010. The third-order valence-corrected chi connectivity index (χ3v) is 7.63. The molecule has 4 atom stereocenters. The third kappa shape index (κ3) is 5.30. The molecule has 2 amide bonds. The van der Waals surface area contributed by atoms with Gasteiger partial charge in [0.2, 0.25) is 11.8 Å². The van der Waals surface area contributed by atoms with Gasteiger partial charge in [-0.05, 0) is 31.4 Å². The van der Waals surface area contributed by atoms with Crippen LogP contribution in [-0.4, -0.2) is 61.0 Å². The lowest BCUT2D eigenvalue weighted by Gasteiger charge is -2.39. The summed E-state index contributed by atoms with van der Waals surface area (Å²) in [7, 11) is 0. The lowest BCUT2D eigenvalue weighted by atomic mass is 9.79. The molecule has 3 fully saturated rings. The van der Waals surface area contributed by atoms with E-state index in [1.807, 2.05) is 0 Å². The molecule has 0 bridgehead atoms. The Morgan fingerprint density at radius 3 is 1.61 bits per heavy atom. The second kappa shape index (κ2) is 11.0. The number of benzene rings is 2. The predicted molar refractivity (Wildman–Crippen MR) is 129 cm³/mol. The molecule has 0 spiro atoms. The fourth-order valence-corrected chi connectivity index (χ4v) is 5.70. The van der Waals surface area contributed by atoms with Gasteiger partial charge in [-0.3, -0.25) is 9.59 Å². The first-order chi connectivity index (χ1) is 17.5. The number of ether oxygens (including phenoxy) is 2. The van der Waals surface area contributed by atoms with E-state index in [1.165, 1.54) is 12.1 Å². The molecule has 2 saturated heterocycles. The van der Waals surface area contributed by atoms with E-state index in [0.29, 0.717) is 56.9 Å². The van der Waals surface area contributed by atoms with E-state index in [-0.39, 0.29) is 35.3 Å². The maximum atomic E-state index is 14.3. The van der Waals surface area contributed by atoms with Crippen molar-refractivity contribution < 1.29 is 27.8 Å². The molecule has 36 heavy (non-hydrogen) atoms. The zero-order valence-electron chi connectivity index (χ0n) is 20.3. The van der Waals surface area contributed by atoms with Crippen LogP contribution in [0.4, 0.5) is 8.78 Å². The van der Waals surface area contributed by atoms with Crippen molar-refractivity contribution in [1.29, 1.82) is 0 Å². The number of amides is 2. The quantitative estimate of drug-likeness (QED) is 0.632. The number of hydrogen-bond donors (Lipinski definition) is 0. The summed E-state index contributed by atoms with van der Waals surface area (Å²) in [6, 6.07) is 13.0. The molecule has 3 aliphatic rings. The molecule has 0 radical (unpaired) electrons. The van der Waals surface area contributed by atoms with Gasteiger partial charge in [0.05, 0.1) is 26.3 Å². The zero-order valence-corrected chi connectivity index (χ0v) is 20.3. The first-order valence-electron chi connectivity index (χ1n) is 12.8. The van der Waals surface area contributed by atoms with Crippen molar-refractivity contribution in [3.63, 3.8) is 0 Å². The molecule has 1 aliphatic carbocycles. The molecular weight excluding hydrogens is 466 g/mol. The molecule has 8 heteroatoms. The molecule has 0 aromatic heterocycles. The molecule has 192 valence electrons. The Morgan fingerprint density at radius 1 is 0.722 bits per heavy atom. The second-order valence-corrected chi connectivity index (χ2v) is 9.89. The monoisotopic (exact) mass is 498 g/mol. The van der Waals surface area contributed by atoms with Gasteiger partial charge in [-0.1, -0.05) is 42.8 Å². The minimum absolute atomic E-state index is 0.0170. The standard InChI is InChI=1S/C28H32F2N2O4/c29-23-10-3-1-8-21(23)25-17-31(12-14-35-25)27(33)19-6-5-7-20(16-19)28(34)32-13-15-36-26(18-32)22-9-2-4-11-24(22)30/h1-4,8-11,19-20,25-26H,5-7,12-18H2. The summed E-state index contributed by atoms with van der Waals surface area (Å²) in [4.78, 5) is 30.4. The molecule has 5 rings (SSSR count). The maximum Gasteiger partial charge on any atom is 0.225 e. The summed E-state index contributed by atoms with van der Waals surface area (Å²) in [5.74, 6) is -1.11. The van der Waals surface area contributed by atoms with E-state index in [9.17, 15) is 18.4 Å². The average molecular weight is 499 g/mol. The van der Waals surface area contributed by atoms with E-state index in [0.717, 1.165) is 19.3 Å². The molecule has 2 heterocycles. The Morgan fingerprint density at radius 2 is 1.17 bits per heavy atom. The molecule has 2 aliphatic heterocycles. The lowest BCUT2D eigenvalue weighted by Crippen LogP contribution is -2.48. The van der Waals surface area contributed by atoms with Gasteiger partial charge in [-0.2, -0.15) is 0 Å². The van der Waals surface area contributed by atoms with Gasteiger partial charge in [0.15, 0.2) is 0 Å². The highest BCUT2D eigenvalue weighted by Crippen LogP contribution is 2.34. The van der Waals surface area contributed by atoms with Gasteiger partial charge in [-0.25, -0.2) is 8.78 Å². The van der Waals surface area contributed by atoms with Crippen molar-refractivity contribution in [2.75, 3.05) is 39.4 Å². The van der Waals surface area contributed by atoms with Crippen molar-refractivity contribution in [1.82, 2.24) is 9.80 Å². The first-order valence-corrected chi connectivity index (χ1v) is 12.8. The van der Waals surface area contributed by atoms with E-state index in [4.69, 9.17) is 9.47 Å². The highest BCUT2D eigenvalue weighted by molar-refractivity contribution is 5.83. The topological polar surface area (TPSA) is 59.1 Å². The number of rotatable bonds is 4. The molecule has 2 aromatic carbocycles.